The first-order valence-corrected chi connectivity index (χ1v) is 7.76. The van der Waals surface area contributed by atoms with E-state index in [1.807, 2.05) is 24.3 Å². The molecule has 0 unspecified atom stereocenters. The van der Waals surface area contributed by atoms with Crippen LogP contribution in [0.2, 0.25) is 0 Å². The van der Waals surface area contributed by atoms with Gasteiger partial charge in [0, 0.05) is 31.3 Å². The Morgan fingerprint density at radius 2 is 1.77 bits per heavy atom. The van der Waals surface area contributed by atoms with E-state index in [0.29, 0.717) is 5.95 Å². The van der Waals surface area contributed by atoms with E-state index in [-0.39, 0.29) is 0 Å². The molecular weight excluding hydrogens is 274 g/mol. The SMILES string of the molecule is CCCNc1nc(NCCN(C)C)cc(-c2ccccc2)n1. The minimum Gasteiger partial charge on any atom is -0.369 e. The molecule has 2 aromatic rings. The number of likely N-dealkylation sites (N-methyl/N-ethyl adjacent to an activating group) is 1. The zero-order chi connectivity index (χ0) is 15.8. The molecule has 0 aliphatic heterocycles. The first-order valence-electron chi connectivity index (χ1n) is 7.76. The molecule has 0 amide bonds. The molecule has 5 heteroatoms. The van der Waals surface area contributed by atoms with Crippen molar-refractivity contribution in [3.05, 3.63) is 36.4 Å². The van der Waals surface area contributed by atoms with Crippen molar-refractivity contribution < 1.29 is 0 Å². The first kappa shape index (κ1) is 16.2. The fourth-order valence-corrected chi connectivity index (χ4v) is 2.02. The molecular formula is C17H25N5. The summed E-state index contributed by atoms with van der Waals surface area (Å²) in [5.41, 5.74) is 2.03. The number of anilines is 2. The fraction of sp³-hybridized carbons (Fsp3) is 0.412. The lowest BCUT2D eigenvalue weighted by atomic mass is 10.1. The topological polar surface area (TPSA) is 53.1 Å². The van der Waals surface area contributed by atoms with Crippen LogP contribution in [0.1, 0.15) is 13.3 Å². The van der Waals surface area contributed by atoms with Crippen molar-refractivity contribution in [2.24, 2.45) is 0 Å². The molecule has 0 bridgehead atoms. The Labute approximate surface area is 132 Å². The van der Waals surface area contributed by atoms with Crippen LogP contribution in [-0.4, -0.2) is 48.6 Å². The van der Waals surface area contributed by atoms with E-state index in [1.54, 1.807) is 0 Å². The van der Waals surface area contributed by atoms with Gasteiger partial charge < -0.3 is 15.5 Å². The predicted molar refractivity (Wildman–Crippen MR) is 93.3 cm³/mol. The van der Waals surface area contributed by atoms with Gasteiger partial charge in [0.05, 0.1) is 5.69 Å². The van der Waals surface area contributed by atoms with Crippen LogP contribution in [-0.2, 0) is 0 Å². The molecule has 1 aromatic heterocycles. The molecule has 0 aliphatic carbocycles. The summed E-state index contributed by atoms with van der Waals surface area (Å²) in [5.74, 6) is 1.53. The standard InChI is InChI=1S/C17H25N5/c1-4-10-19-17-20-15(14-8-6-5-7-9-14)13-16(21-17)18-11-12-22(2)3/h5-9,13H,4,10-12H2,1-3H3,(H2,18,19,20,21). The van der Waals surface area contributed by atoms with Gasteiger partial charge in [-0.05, 0) is 20.5 Å². The number of hydrogen-bond donors (Lipinski definition) is 2. The molecule has 0 fully saturated rings. The van der Waals surface area contributed by atoms with Crippen LogP contribution in [0.5, 0.6) is 0 Å². The maximum absolute atomic E-state index is 4.61. The molecule has 0 spiro atoms. The highest BCUT2D eigenvalue weighted by molar-refractivity contribution is 5.64. The molecule has 0 saturated carbocycles. The number of aromatic nitrogens is 2. The Hall–Kier alpha value is -2.14. The molecule has 0 aliphatic rings. The monoisotopic (exact) mass is 299 g/mol. The Bertz CT molecular complexity index is 569. The van der Waals surface area contributed by atoms with Gasteiger partial charge in [-0.2, -0.15) is 4.98 Å². The highest BCUT2D eigenvalue weighted by atomic mass is 15.2. The lowest BCUT2D eigenvalue weighted by Crippen LogP contribution is -2.21. The van der Waals surface area contributed by atoms with Crippen LogP contribution in [0.4, 0.5) is 11.8 Å². The molecule has 118 valence electrons. The van der Waals surface area contributed by atoms with Crippen LogP contribution in [0.15, 0.2) is 36.4 Å². The van der Waals surface area contributed by atoms with E-state index < -0.39 is 0 Å². The van der Waals surface area contributed by atoms with Gasteiger partial charge in [0.1, 0.15) is 5.82 Å². The van der Waals surface area contributed by atoms with Crippen LogP contribution in [0.25, 0.3) is 11.3 Å². The van der Waals surface area contributed by atoms with Gasteiger partial charge in [-0.15, -0.1) is 0 Å². The molecule has 0 saturated heterocycles. The second-order valence-electron chi connectivity index (χ2n) is 5.48. The molecule has 0 atom stereocenters. The smallest absolute Gasteiger partial charge is 0.225 e. The molecule has 5 nitrogen and oxygen atoms in total. The summed E-state index contributed by atoms with van der Waals surface area (Å²) in [5, 5.41) is 6.64. The van der Waals surface area contributed by atoms with Crippen molar-refractivity contribution >= 4 is 11.8 Å². The quantitative estimate of drug-likeness (QED) is 0.785. The van der Waals surface area contributed by atoms with Crippen molar-refractivity contribution in [2.45, 2.75) is 13.3 Å². The van der Waals surface area contributed by atoms with Gasteiger partial charge in [0.2, 0.25) is 5.95 Å². The Morgan fingerprint density at radius 1 is 1.00 bits per heavy atom. The second-order valence-corrected chi connectivity index (χ2v) is 5.48. The van der Waals surface area contributed by atoms with Crippen molar-refractivity contribution in [3.63, 3.8) is 0 Å². The molecule has 22 heavy (non-hydrogen) atoms. The van der Waals surface area contributed by atoms with E-state index in [1.165, 1.54) is 0 Å². The maximum atomic E-state index is 4.61. The summed E-state index contributed by atoms with van der Waals surface area (Å²) >= 11 is 0. The van der Waals surface area contributed by atoms with E-state index >= 15 is 0 Å². The van der Waals surface area contributed by atoms with Gasteiger partial charge >= 0.3 is 0 Å². The normalized spacial score (nSPS) is 10.7. The molecule has 2 rings (SSSR count). The van der Waals surface area contributed by atoms with Crippen LogP contribution < -0.4 is 10.6 Å². The summed E-state index contributed by atoms with van der Waals surface area (Å²) < 4.78 is 0. The molecule has 1 heterocycles. The maximum Gasteiger partial charge on any atom is 0.225 e. The Kier molecular flexibility index (Phi) is 6.15. The number of nitrogens with zero attached hydrogens (tertiary/aromatic N) is 3. The predicted octanol–water partition coefficient (Wildman–Crippen LogP) is 2.94. The van der Waals surface area contributed by atoms with Crippen molar-refractivity contribution in [2.75, 3.05) is 44.4 Å². The molecule has 1 aromatic carbocycles. The third kappa shape index (κ3) is 5.00. The summed E-state index contributed by atoms with van der Waals surface area (Å²) in [7, 11) is 4.12. The highest BCUT2D eigenvalue weighted by Gasteiger charge is 2.06. The number of hydrogen-bond acceptors (Lipinski definition) is 5. The third-order valence-electron chi connectivity index (χ3n) is 3.19. The van der Waals surface area contributed by atoms with E-state index in [2.05, 4.69) is 58.7 Å². The van der Waals surface area contributed by atoms with Crippen molar-refractivity contribution in [1.82, 2.24) is 14.9 Å². The average molecular weight is 299 g/mol. The lowest BCUT2D eigenvalue weighted by molar-refractivity contribution is 0.425. The Morgan fingerprint density at radius 3 is 2.45 bits per heavy atom. The van der Waals surface area contributed by atoms with Gasteiger partial charge in [-0.1, -0.05) is 37.3 Å². The van der Waals surface area contributed by atoms with Crippen molar-refractivity contribution in [1.29, 1.82) is 0 Å². The van der Waals surface area contributed by atoms with Crippen molar-refractivity contribution in [3.8, 4) is 11.3 Å². The van der Waals surface area contributed by atoms with Gasteiger partial charge in [0.15, 0.2) is 0 Å². The third-order valence-corrected chi connectivity index (χ3v) is 3.19. The minimum absolute atomic E-state index is 0.676. The fourth-order valence-electron chi connectivity index (χ4n) is 2.02. The average Bonchev–Trinajstić information content (AvgIpc) is 2.53. The van der Waals surface area contributed by atoms with Crippen LogP contribution in [0.3, 0.4) is 0 Å². The summed E-state index contributed by atoms with van der Waals surface area (Å²) in [4.78, 5) is 11.3. The number of benzene rings is 1. The highest BCUT2D eigenvalue weighted by Crippen LogP contribution is 2.21. The summed E-state index contributed by atoms with van der Waals surface area (Å²) in [6.07, 6.45) is 1.04. The van der Waals surface area contributed by atoms with E-state index in [0.717, 1.165) is 43.1 Å². The van der Waals surface area contributed by atoms with E-state index in [4.69, 9.17) is 0 Å². The van der Waals surface area contributed by atoms with Crippen LogP contribution in [0, 0.1) is 0 Å². The second kappa shape index (κ2) is 8.34. The largest absolute Gasteiger partial charge is 0.369 e. The first-order chi connectivity index (χ1) is 10.7. The molecule has 2 N–H and O–H groups in total. The zero-order valence-electron chi connectivity index (χ0n) is 13.6. The van der Waals surface area contributed by atoms with Gasteiger partial charge in [-0.25, -0.2) is 4.98 Å². The van der Waals surface area contributed by atoms with Gasteiger partial charge in [0.25, 0.3) is 0 Å². The summed E-state index contributed by atoms with van der Waals surface area (Å²) in [6, 6.07) is 12.2. The van der Waals surface area contributed by atoms with E-state index in [9.17, 15) is 0 Å². The molecule has 0 radical (unpaired) electrons. The lowest BCUT2D eigenvalue weighted by Gasteiger charge is -2.13. The minimum atomic E-state index is 0.676. The zero-order valence-corrected chi connectivity index (χ0v) is 13.6. The number of nitrogens with one attached hydrogen (secondary N) is 2. The van der Waals surface area contributed by atoms with Crippen LogP contribution >= 0.6 is 0 Å². The Balaban J connectivity index is 2.20. The van der Waals surface area contributed by atoms with Gasteiger partial charge in [-0.3, -0.25) is 0 Å². The number of rotatable bonds is 8. The summed E-state index contributed by atoms with van der Waals surface area (Å²) in [6.45, 7) is 4.81.